The third-order valence-electron chi connectivity index (χ3n) is 5.76. The topological polar surface area (TPSA) is 76.2 Å². The van der Waals surface area contributed by atoms with E-state index in [-0.39, 0.29) is 17.3 Å². The maximum Gasteiger partial charge on any atom is 0.264 e. The number of methoxy groups -OCH3 is 2. The highest BCUT2D eigenvalue weighted by Crippen LogP contribution is 2.33. The van der Waals surface area contributed by atoms with E-state index in [9.17, 15) is 13.2 Å². The van der Waals surface area contributed by atoms with Crippen LogP contribution in [0.25, 0.3) is 0 Å². The zero-order chi connectivity index (χ0) is 23.4. The van der Waals surface area contributed by atoms with Crippen LogP contribution >= 0.6 is 0 Å². The lowest BCUT2D eigenvalue weighted by atomic mass is 10.00. The number of carbonyl (C=O) groups is 1. The second-order valence-electron chi connectivity index (χ2n) is 7.69. The Morgan fingerprint density at radius 3 is 2.27 bits per heavy atom. The molecule has 0 aromatic heterocycles. The predicted molar refractivity (Wildman–Crippen MR) is 126 cm³/mol. The summed E-state index contributed by atoms with van der Waals surface area (Å²) in [5.74, 6) is 0.639. The molecule has 0 atom stereocenters. The smallest absolute Gasteiger partial charge is 0.264 e. The Hall–Kier alpha value is -3.52. The number of ether oxygens (including phenoxy) is 2. The van der Waals surface area contributed by atoms with E-state index in [1.807, 2.05) is 18.2 Å². The monoisotopic (exact) mass is 466 g/mol. The molecule has 0 bridgehead atoms. The number of nitrogens with zero attached hydrogens (tertiary/aromatic N) is 2. The van der Waals surface area contributed by atoms with Crippen LogP contribution in [0.2, 0.25) is 0 Å². The van der Waals surface area contributed by atoms with Crippen LogP contribution in [0, 0.1) is 0 Å². The van der Waals surface area contributed by atoms with Gasteiger partial charge in [-0.05, 0) is 53.9 Å². The van der Waals surface area contributed by atoms with Crippen molar-refractivity contribution in [1.82, 2.24) is 4.90 Å². The van der Waals surface area contributed by atoms with Gasteiger partial charge in [0.25, 0.3) is 10.0 Å². The van der Waals surface area contributed by atoms with Crippen molar-refractivity contribution in [2.24, 2.45) is 0 Å². The summed E-state index contributed by atoms with van der Waals surface area (Å²) in [5.41, 5.74) is 2.61. The standard InChI is InChI=1S/C25H26N2O5S/c1-31-21-11-13-22(14-12-21)33(29,30)27(23-9-5-6-10-24(23)32-2)18-25(28)26-16-15-19-7-3-4-8-20(19)17-26/h3-14H,15-18H2,1-2H3. The van der Waals surface area contributed by atoms with Crippen molar-refractivity contribution in [3.8, 4) is 11.5 Å². The first kappa shape index (κ1) is 22.7. The van der Waals surface area contributed by atoms with E-state index >= 15 is 0 Å². The average molecular weight is 467 g/mol. The molecule has 1 aliphatic rings. The van der Waals surface area contributed by atoms with Crippen LogP contribution in [0.3, 0.4) is 0 Å². The number of hydrogen-bond acceptors (Lipinski definition) is 5. The number of hydrogen-bond donors (Lipinski definition) is 0. The number of para-hydroxylation sites is 2. The van der Waals surface area contributed by atoms with Crippen LogP contribution in [0.15, 0.2) is 77.7 Å². The van der Waals surface area contributed by atoms with Gasteiger partial charge in [-0.15, -0.1) is 0 Å². The van der Waals surface area contributed by atoms with Crippen molar-refractivity contribution < 1.29 is 22.7 Å². The minimum Gasteiger partial charge on any atom is -0.497 e. The average Bonchev–Trinajstić information content (AvgIpc) is 2.86. The molecule has 0 N–H and O–H groups in total. The molecule has 3 aromatic carbocycles. The van der Waals surface area contributed by atoms with E-state index in [0.29, 0.717) is 30.3 Å². The van der Waals surface area contributed by atoms with Crippen molar-refractivity contribution in [2.45, 2.75) is 17.9 Å². The molecule has 0 saturated heterocycles. The fourth-order valence-electron chi connectivity index (χ4n) is 3.94. The minimum absolute atomic E-state index is 0.0611. The molecule has 0 radical (unpaired) electrons. The van der Waals surface area contributed by atoms with E-state index in [4.69, 9.17) is 9.47 Å². The Balaban J connectivity index is 1.68. The molecule has 33 heavy (non-hydrogen) atoms. The maximum atomic E-state index is 13.7. The quantitative estimate of drug-likeness (QED) is 0.533. The van der Waals surface area contributed by atoms with Crippen LogP contribution in [0.5, 0.6) is 11.5 Å². The van der Waals surface area contributed by atoms with Gasteiger partial charge in [0.15, 0.2) is 0 Å². The molecule has 1 amide bonds. The van der Waals surface area contributed by atoms with Gasteiger partial charge in [0.05, 0.1) is 24.8 Å². The number of amides is 1. The molecule has 3 aromatic rings. The van der Waals surface area contributed by atoms with Gasteiger partial charge < -0.3 is 14.4 Å². The number of carbonyl (C=O) groups excluding carboxylic acids is 1. The second-order valence-corrected chi connectivity index (χ2v) is 9.56. The Morgan fingerprint density at radius 2 is 1.58 bits per heavy atom. The van der Waals surface area contributed by atoms with Crippen LogP contribution in [-0.4, -0.2) is 46.5 Å². The molecule has 7 nitrogen and oxygen atoms in total. The molecule has 4 rings (SSSR count). The van der Waals surface area contributed by atoms with Crippen LogP contribution in [-0.2, 0) is 27.8 Å². The molecule has 0 aliphatic carbocycles. The molecule has 8 heteroatoms. The summed E-state index contributed by atoms with van der Waals surface area (Å²) in [6, 6.07) is 20.9. The predicted octanol–water partition coefficient (Wildman–Crippen LogP) is 3.48. The van der Waals surface area contributed by atoms with Crippen molar-refractivity contribution in [3.63, 3.8) is 0 Å². The Morgan fingerprint density at radius 1 is 0.909 bits per heavy atom. The first-order valence-corrected chi connectivity index (χ1v) is 12.0. The van der Waals surface area contributed by atoms with Gasteiger partial charge in [-0.25, -0.2) is 8.42 Å². The number of fused-ring (bicyclic) bond motifs is 1. The van der Waals surface area contributed by atoms with E-state index in [1.54, 1.807) is 41.3 Å². The Labute approximate surface area is 194 Å². The lowest BCUT2D eigenvalue weighted by Crippen LogP contribution is -2.44. The fourth-order valence-corrected chi connectivity index (χ4v) is 5.37. The Bertz CT molecular complexity index is 1240. The molecule has 1 heterocycles. The van der Waals surface area contributed by atoms with Gasteiger partial charge in [-0.3, -0.25) is 9.10 Å². The van der Waals surface area contributed by atoms with E-state index in [0.717, 1.165) is 16.3 Å². The first-order chi connectivity index (χ1) is 15.9. The summed E-state index contributed by atoms with van der Waals surface area (Å²) in [5, 5.41) is 0. The summed E-state index contributed by atoms with van der Waals surface area (Å²) in [6.07, 6.45) is 0.738. The number of benzene rings is 3. The van der Waals surface area contributed by atoms with Crippen molar-refractivity contribution in [3.05, 3.63) is 83.9 Å². The SMILES string of the molecule is COc1ccc(S(=O)(=O)N(CC(=O)N2CCc3ccccc3C2)c2ccccc2OC)cc1. The fraction of sp³-hybridized carbons (Fsp3) is 0.240. The zero-order valence-electron chi connectivity index (χ0n) is 18.6. The highest BCUT2D eigenvalue weighted by atomic mass is 32.2. The molecular weight excluding hydrogens is 440 g/mol. The highest BCUT2D eigenvalue weighted by molar-refractivity contribution is 7.92. The molecular formula is C25H26N2O5S. The van der Waals surface area contributed by atoms with Crippen LogP contribution < -0.4 is 13.8 Å². The minimum atomic E-state index is -4.06. The van der Waals surface area contributed by atoms with Gasteiger partial charge in [-0.2, -0.15) is 0 Å². The van der Waals surface area contributed by atoms with Gasteiger partial charge in [-0.1, -0.05) is 36.4 Å². The third-order valence-corrected chi connectivity index (χ3v) is 7.54. The van der Waals surface area contributed by atoms with Crippen molar-refractivity contribution in [2.75, 3.05) is 31.6 Å². The lowest BCUT2D eigenvalue weighted by Gasteiger charge is -2.32. The summed E-state index contributed by atoms with van der Waals surface area (Å²) in [7, 11) is -1.07. The summed E-state index contributed by atoms with van der Waals surface area (Å²) >= 11 is 0. The van der Waals surface area contributed by atoms with E-state index in [1.165, 1.54) is 31.9 Å². The maximum absolute atomic E-state index is 13.7. The lowest BCUT2D eigenvalue weighted by molar-refractivity contribution is -0.130. The summed E-state index contributed by atoms with van der Waals surface area (Å²) < 4.78 is 39.0. The number of sulfonamides is 1. The van der Waals surface area contributed by atoms with Gasteiger partial charge >= 0.3 is 0 Å². The van der Waals surface area contributed by atoms with Gasteiger partial charge in [0.1, 0.15) is 18.0 Å². The van der Waals surface area contributed by atoms with Gasteiger partial charge in [0.2, 0.25) is 5.91 Å². The third kappa shape index (κ3) is 4.66. The molecule has 1 aliphatic heterocycles. The molecule has 0 spiro atoms. The largest absolute Gasteiger partial charge is 0.497 e. The zero-order valence-corrected chi connectivity index (χ0v) is 19.4. The van der Waals surface area contributed by atoms with E-state index in [2.05, 4.69) is 6.07 Å². The highest BCUT2D eigenvalue weighted by Gasteiger charge is 2.31. The summed E-state index contributed by atoms with van der Waals surface area (Å²) in [6.45, 7) is 0.659. The van der Waals surface area contributed by atoms with Crippen LogP contribution in [0.1, 0.15) is 11.1 Å². The number of rotatable bonds is 7. The summed E-state index contributed by atoms with van der Waals surface area (Å²) in [4.78, 5) is 15.1. The second kappa shape index (κ2) is 9.54. The molecule has 0 unspecified atom stereocenters. The van der Waals surface area contributed by atoms with Crippen molar-refractivity contribution in [1.29, 1.82) is 0 Å². The van der Waals surface area contributed by atoms with E-state index < -0.39 is 10.0 Å². The molecule has 172 valence electrons. The molecule has 0 saturated carbocycles. The van der Waals surface area contributed by atoms with Crippen LogP contribution in [0.4, 0.5) is 5.69 Å². The normalized spacial score (nSPS) is 13.2. The van der Waals surface area contributed by atoms with Gasteiger partial charge in [0, 0.05) is 13.1 Å². The number of anilines is 1. The van der Waals surface area contributed by atoms with Crippen molar-refractivity contribution >= 4 is 21.6 Å². The first-order valence-electron chi connectivity index (χ1n) is 10.6. The Kier molecular flexibility index (Phi) is 6.55. The molecule has 0 fully saturated rings.